The Hall–Kier alpha value is 0.317. The predicted molar refractivity (Wildman–Crippen MR) is 118 cm³/mol. The average Bonchev–Trinajstić information content (AvgIpc) is 3.07. The van der Waals surface area contributed by atoms with Crippen LogP contribution in [-0.4, -0.2) is 13.4 Å². The van der Waals surface area contributed by atoms with E-state index in [1.807, 2.05) is 19.1 Å². The first-order chi connectivity index (χ1) is 14.2. The van der Waals surface area contributed by atoms with Gasteiger partial charge < -0.3 is 16.9 Å². The Bertz CT molecular complexity index is 1370. The van der Waals surface area contributed by atoms with Crippen molar-refractivity contribution in [3.63, 3.8) is 0 Å². The third-order valence-corrected chi connectivity index (χ3v) is 7.77. The van der Waals surface area contributed by atoms with Crippen LogP contribution in [0, 0.1) is 32.0 Å². The minimum absolute atomic E-state index is 0. The zero-order valence-corrected chi connectivity index (χ0v) is 27.1. The van der Waals surface area contributed by atoms with Gasteiger partial charge in [-0.25, -0.2) is 13.3 Å². The molecule has 0 aliphatic rings. The van der Waals surface area contributed by atoms with E-state index in [1.54, 1.807) is 18.3 Å². The van der Waals surface area contributed by atoms with Crippen molar-refractivity contribution in [2.24, 2.45) is 0 Å². The van der Waals surface area contributed by atoms with E-state index in [-0.39, 0.29) is 88.3 Å². The summed E-state index contributed by atoms with van der Waals surface area (Å²) >= 11 is 9.06. The Kier molecular flexibility index (Phi) is 11.5. The van der Waals surface area contributed by atoms with Crippen molar-refractivity contribution in [2.45, 2.75) is 28.0 Å². The second-order valence-corrected chi connectivity index (χ2v) is 10.6. The molecule has 0 unspecified atom stereocenters. The zero-order chi connectivity index (χ0) is 21.5. The minimum Gasteiger partial charge on any atom is -0.385 e. The molecule has 0 spiro atoms. The number of rotatable bonds is 5. The Morgan fingerprint density at radius 2 is 1.88 bits per heavy atom. The van der Waals surface area contributed by atoms with Gasteiger partial charge in [-0.15, -0.1) is 29.2 Å². The predicted octanol–water partition coefficient (Wildman–Crippen LogP) is 5.91. The number of aryl methyl sites for hydroxylation is 2. The van der Waals surface area contributed by atoms with Crippen LogP contribution in [0.25, 0.3) is 10.2 Å². The van der Waals surface area contributed by atoms with E-state index in [4.69, 9.17) is 13.0 Å². The molecular formula is C21H14ClN2O2S3VWY-3. The number of sulfonamides is 1. The van der Waals surface area contributed by atoms with Crippen molar-refractivity contribution in [3.8, 4) is 0 Å². The quantitative estimate of drug-likeness (QED) is 0.256. The summed E-state index contributed by atoms with van der Waals surface area (Å²) in [5.74, 6) is 0. The van der Waals surface area contributed by atoms with Crippen LogP contribution in [0.2, 0.25) is 5.02 Å². The number of nitrogens with zero attached hydrogens (tertiary/aromatic N) is 1. The van der Waals surface area contributed by atoms with Gasteiger partial charge in [-0.05, 0) is 30.1 Å². The van der Waals surface area contributed by atoms with Crippen molar-refractivity contribution in [3.05, 3.63) is 76.8 Å². The van der Waals surface area contributed by atoms with Crippen molar-refractivity contribution < 1.29 is 82.1 Å². The Morgan fingerprint density at radius 1 is 1.19 bits per heavy atom. The van der Waals surface area contributed by atoms with E-state index in [0.29, 0.717) is 16.1 Å². The maximum atomic E-state index is 12.7. The first kappa shape index (κ1) is 28.6. The summed E-state index contributed by atoms with van der Waals surface area (Å²) in [5.41, 5.74) is 2.85. The van der Waals surface area contributed by atoms with Gasteiger partial charge in [0.1, 0.15) is 9.24 Å². The topological polar surface area (TPSA) is 59.1 Å². The number of hydrogen-bond acceptors (Lipinski definition) is 5. The number of thiazole rings is 1. The Balaban J connectivity index is 0.00000181. The second kappa shape index (κ2) is 12.9. The van der Waals surface area contributed by atoms with E-state index in [1.165, 1.54) is 36.0 Å². The molecule has 1 aromatic heterocycles. The van der Waals surface area contributed by atoms with Crippen LogP contribution < -0.4 is 4.72 Å². The second-order valence-electron chi connectivity index (χ2n) is 6.24. The molecule has 0 bridgehead atoms. The van der Waals surface area contributed by atoms with Gasteiger partial charge in [0.2, 0.25) is 10.0 Å². The first-order valence-electron chi connectivity index (χ1n) is 8.91. The van der Waals surface area contributed by atoms with Crippen LogP contribution in [0.4, 0.5) is 5.69 Å². The average molecular weight is 783 g/mol. The molecule has 1 heterocycles. The standard InChI is InChI=1S/C21H14ClN2O2S3.V.W.Y/c1-13-4-10-20(17(22)11-13)29(25,26)24-15-5-7-16(8-6-15)27-21-23-18-9-3-14(2)12-19(18)28-21;;;/h4-6,9-12,24H,1-2H3;;;/q-3;;;/i4D;;;. The molecular weight excluding hydrogens is 768 g/mol. The summed E-state index contributed by atoms with van der Waals surface area (Å²) in [7, 11) is -3.94. The SMILES string of the molecule is [2H]c1cc(S(=O)(=O)Nc2c[c-]c(Sc3nc4c[c-]c(C)cc4s3)[c-]c2)c(Cl)cc1C.[V].[W].[Y]. The van der Waals surface area contributed by atoms with Crippen LogP contribution in [0.5, 0.6) is 0 Å². The zero-order valence-electron chi connectivity index (χ0n) is 17.8. The van der Waals surface area contributed by atoms with Gasteiger partial charge in [-0.3, -0.25) is 17.1 Å². The fraction of sp³-hybridized carbons (Fsp3) is 0.0952. The van der Waals surface area contributed by atoms with Crippen LogP contribution >= 0.6 is 34.7 Å². The maximum Gasteiger partial charge on any atom is 0.243 e. The fourth-order valence-corrected chi connectivity index (χ4v) is 6.14. The summed E-state index contributed by atoms with van der Waals surface area (Å²) in [4.78, 5) is 5.12. The number of fused-ring (bicyclic) bond motifs is 1. The van der Waals surface area contributed by atoms with Crippen molar-refractivity contribution in [2.75, 3.05) is 4.72 Å². The first-order valence-corrected chi connectivity index (χ1v) is 11.9. The van der Waals surface area contributed by atoms with Crippen LogP contribution in [0.1, 0.15) is 12.5 Å². The normalized spacial score (nSPS) is 11.0. The fourth-order valence-electron chi connectivity index (χ4n) is 2.54. The molecule has 3 aromatic carbocycles. The molecule has 11 heteroatoms. The largest absolute Gasteiger partial charge is 0.385 e. The van der Waals surface area contributed by atoms with E-state index >= 15 is 0 Å². The Labute approximate surface area is 254 Å². The number of hydrogen-bond donors (Lipinski definition) is 1. The third kappa shape index (κ3) is 7.41. The molecule has 0 saturated carbocycles. The number of aromatic nitrogens is 1. The molecule has 4 rings (SSSR count). The van der Waals surface area contributed by atoms with Crippen LogP contribution in [-0.2, 0) is 82.4 Å². The Morgan fingerprint density at radius 3 is 2.56 bits per heavy atom. The van der Waals surface area contributed by atoms with E-state index in [9.17, 15) is 8.42 Å². The molecule has 0 aliphatic carbocycles. The third-order valence-electron chi connectivity index (χ3n) is 3.90. The summed E-state index contributed by atoms with van der Waals surface area (Å²) in [5, 5.41) is 0.0689. The smallest absolute Gasteiger partial charge is 0.243 e. The van der Waals surface area contributed by atoms with Crippen LogP contribution in [0.3, 0.4) is 0 Å². The van der Waals surface area contributed by atoms with Crippen molar-refractivity contribution in [1.82, 2.24) is 4.98 Å². The summed E-state index contributed by atoms with van der Waals surface area (Å²) < 4.78 is 37.5. The van der Waals surface area contributed by atoms with Crippen LogP contribution in [0.15, 0.2) is 56.6 Å². The van der Waals surface area contributed by atoms with Gasteiger partial charge in [0.25, 0.3) is 0 Å². The molecule has 1 N–H and O–H groups in total. The van der Waals surface area contributed by atoms with E-state index in [0.717, 1.165) is 20.1 Å². The molecule has 0 fully saturated rings. The van der Waals surface area contributed by atoms with Crippen molar-refractivity contribution >= 4 is 60.6 Å². The molecule has 2 radical (unpaired) electrons. The van der Waals surface area contributed by atoms with Gasteiger partial charge >= 0.3 is 0 Å². The molecule has 162 valence electrons. The minimum atomic E-state index is -3.94. The number of benzene rings is 3. The van der Waals surface area contributed by atoms with Gasteiger partial charge in [0, 0.05) is 72.3 Å². The van der Waals surface area contributed by atoms with Gasteiger partial charge in [0.15, 0.2) is 0 Å². The van der Waals surface area contributed by atoms with Gasteiger partial charge in [0.05, 0.1) is 6.39 Å². The summed E-state index contributed by atoms with van der Waals surface area (Å²) in [6.07, 6.45) is 0. The number of nitrogens with one attached hydrogen (secondary N) is 1. The number of anilines is 1. The molecule has 4 nitrogen and oxygen atoms in total. The summed E-state index contributed by atoms with van der Waals surface area (Å²) in [6.45, 7) is 3.69. The van der Waals surface area contributed by atoms with Gasteiger partial charge in [-0.1, -0.05) is 29.3 Å². The molecule has 0 amide bonds. The monoisotopic (exact) mass is 782 g/mol. The molecule has 4 aromatic rings. The van der Waals surface area contributed by atoms with Crippen molar-refractivity contribution in [1.29, 1.82) is 0 Å². The molecule has 0 saturated heterocycles. The van der Waals surface area contributed by atoms with E-state index < -0.39 is 10.0 Å². The maximum absolute atomic E-state index is 12.7. The molecule has 0 atom stereocenters. The van der Waals surface area contributed by atoms with E-state index in [2.05, 4.69) is 27.9 Å². The van der Waals surface area contributed by atoms with Gasteiger partial charge in [-0.2, -0.15) is 23.4 Å². The number of halogens is 1. The molecule has 0 aliphatic heterocycles. The summed E-state index contributed by atoms with van der Waals surface area (Å²) in [6, 6.07) is 19.0. The molecule has 32 heavy (non-hydrogen) atoms.